The highest BCUT2D eigenvalue weighted by Gasteiger charge is 2.15. The van der Waals surface area contributed by atoms with Gasteiger partial charge in [0.05, 0.1) is 28.0 Å². The summed E-state index contributed by atoms with van der Waals surface area (Å²) in [6, 6.07) is 18.4. The minimum absolute atomic E-state index is 0.0738. The molecular formula is C23H22N2O4S2. The molecule has 0 unspecified atom stereocenters. The predicted molar refractivity (Wildman–Crippen MR) is 123 cm³/mol. The summed E-state index contributed by atoms with van der Waals surface area (Å²) in [5.41, 5.74) is 1.04. The lowest BCUT2D eigenvalue weighted by atomic mass is 10.1. The van der Waals surface area contributed by atoms with E-state index in [4.69, 9.17) is 4.74 Å². The van der Waals surface area contributed by atoms with E-state index < -0.39 is 9.84 Å². The molecular weight excluding hydrogens is 432 g/mol. The van der Waals surface area contributed by atoms with Crippen molar-refractivity contribution in [1.29, 1.82) is 0 Å². The lowest BCUT2D eigenvalue weighted by molar-refractivity contribution is -0.118. The van der Waals surface area contributed by atoms with E-state index in [2.05, 4.69) is 23.2 Å². The first-order valence-corrected chi connectivity index (χ1v) is 12.3. The molecule has 0 fully saturated rings. The van der Waals surface area contributed by atoms with Crippen LogP contribution < -0.4 is 9.54 Å². The van der Waals surface area contributed by atoms with Crippen molar-refractivity contribution in [3.63, 3.8) is 0 Å². The van der Waals surface area contributed by atoms with Crippen molar-refractivity contribution in [2.45, 2.75) is 17.7 Å². The van der Waals surface area contributed by atoms with E-state index in [0.717, 1.165) is 21.0 Å². The van der Waals surface area contributed by atoms with Crippen LogP contribution in [0.3, 0.4) is 0 Å². The molecule has 0 atom stereocenters. The first-order chi connectivity index (χ1) is 14.9. The van der Waals surface area contributed by atoms with Gasteiger partial charge in [0.1, 0.15) is 5.75 Å². The number of carbonyl (C=O) groups excluding carboxylic acids is 1. The number of methoxy groups -OCH3 is 1. The minimum Gasteiger partial charge on any atom is -0.497 e. The lowest BCUT2D eigenvalue weighted by Crippen LogP contribution is -2.14. The van der Waals surface area contributed by atoms with Crippen molar-refractivity contribution in [3.05, 3.63) is 65.5 Å². The fourth-order valence-corrected chi connectivity index (χ4v) is 5.86. The van der Waals surface area contributed by atoms with Crippen LogP contribution in [0.1, 0.15) is 12.8 Å². The molecule has 0 saturated heterocycles. The Bertz CT molecular complexity index is 1430. The van der Waals surface area contributed by atoms with Crippen molar-refractivity contribution in [2.24, 2.45) is 12.0 Å². The van der Waals surface area contributed by atoms with Crippen LogP contribution in [0.4, 0.5) is 0 Å². The standard InChI is InChI=1S/C23H22N2O4S2/c1-25-22-19-7-4-3-6-16(19)9-14-20(22)30-23(25)24-21(26)8-5-15-31(27,28)18-12-10-17(29-2)11-13-18/h3-4,6-7,9-14H,5,8,15H2,1-2H3. The van der Waals surface area contributed by atoms with Crippen LogP contribution in [0.15, 0.2) is 70.6 Å². The van der Waals surface area contributed by atoms with Gasteiger partial charge in [-0.3, -0.25) is 4.79 Å². The Balaban J connectivity index is 1.50. The topological polar surface area (TPSA) is 77.7 Å². The molecule has 1 heterocycles. The average molecular weight is 455 g/mol. The molecule has 4 rings (SSSR count). The summed E-state index contributed by atoms with van der Waals surface area (Å²) in [4.78, 5) is 17.5. The van der Waals surface area contributed by atoms with Gasteiger partial charge in [-0.15, -0.1) is 0 Å². The summed E-state index contributed by atoms with van der Waals surface area (Å²) in [5.74, 6) is 0.164. The molecule has 8 heteroatoms. The van der Waals surface area contributed by atoms with Crippen LogP contribution in [0.25, 0.3) is 21.0 Å². The van der Waals surface area contributed by atoms with E-state index in [-0.39, 0.29) is 29.4 Å². The SMILES string of the molecule is COc1ccc(S(=O)(=O)CCCC(=O)N=c2sc3ccc4ccccc4c3n2C)cc1. The van der Waals surface area contributed by atoms with E-state index in [9.17, 15) is 13.2 Å². The summed E-state index contributed by atoms with van der Waals surface area (Å²) in [6.45, 7) is 0. The maximum atomic E-state index is 12.5. The number of carbonyl (C=O) groups is 1. The molecule has 6 nitrogen and oxygen atoms in total. The van der Waals surface area contributed by atoms with Gasteiger partial charge < -0.3 is 9.30 Å². The van der Waals surface area contributed by atoms with Crippen LogP contribution in [-0.4, -0.2) is 31.8 Å². The van der Waals surface area contributed by atoms with Gasteiger partial charge in [-0.1, -0.05) is 41.7 Å². The second kappa shape index (κ2) is 8.64. The highest BCUT2D eigenvalue weighted by Crippen LogP contribution is 2.26. The lowest BCUT2D eigenvalue weighted by Gasteiger charge is -2.05. The summed E-state index contributed by atoms with van der Waals surface area (Å²) in [6.07, 6.45) is 0.290. The fourth-order valence-electron chi connectivity index (χ4n) is 3.50. The molecule has 0 radical (unpaired) electrons. The summed E-state index contributed by atoms with van der Waals surface area (Å²) in [5, 5.41) is 2.24. The average Bonchev–Trinajstić information content (AvgIpc) is 3.09. The zero-order valence-corrected chi connectivity index (χ0v) is 18.9. The number of amides is 1. The molecule has 1 aromatic heterocycles. The van der Waals surface area contributed by atoms with Crippen LogP contribution in [0.5, 0.6) is 5.75 Å². The van der Waals surface area contributed by atoms with Crippen molar-refractivity contribution >= 4 is 48.1 Å². The zero-order chi connectivity index (χ0) is 22.0. The molecule has 0 aliphatic carbocycles. The number of hydrogen-bond donors (Lipinski definition) is 0. The van der Waals surface area contributed by atoms with Gasteiger partial charge in [-0.25, -0.2) is 8.42 Å². The van der Waals surface area contributed by atoms with Gasteiger partial charge in [0, 0.05) is 18.9 Å². The highest BCUT2D eigenvalue weighted by atomic mass is 32.2. The Morgan fingerprint density at radius 2 is 1.81 bits per heavy atom. The molecule has 160 valence electrons. The minimum atomic E-state index is -3.46. The number of thiazole rings is 1. The third-order valence-corrected chi connectivity index (χ3v) is 8.04. The molecule has 1 amide bonds. The number of benzene rings is 3. The van der Waals surface area contributed by atoms with Crippen molar-refractivity contribution in [3.8, 4) is 5.75 Å². The Labute approximate surface area is 184 Å². The molecule has 0 N–H and O–H groups in total. The first-order valence-electron chi connectivity index (χ1n) is 9.81. The third-order valence-electron chi connectivity index (χ3n) is 5.13. The van der Waals surface area contributed by atoms with Crippen molar-refractivity contribution in [1.82, 2.24) is 4.57 Å². The van der Waals surface area contributed by atoms with Crippen molar-refractivity contribution < 1.29 is 17.9 Å². The summed E-state index contributed by atoms with van der Waals surface area (Å²) < 4.78 is 33.0. The van der Waals surface area contributed by atoms with Crippen LogP contribution in [0, 0.1) is 0 Å². The number of ether oxygens (including phenoxy) is 1. The van der Waals surface area contributed by atoms with Crippen LogP contribution in [-0.2, 0) is 21.7 Å². The Kier molecular flexibility index (Phi) is 5.93. The number of fused-ring (bicyclic) bond motifs is 3. The maximum absolute atomic E-state index is 12.5. The Morgan fingerprint density at radius 1 is 1.06 bits per heavy atom. The van der Waals surface area contributed by atoms with E-state index in [1.165, 1.54) is 30.6 Å². The molecule has 0 bridgehead atoms. The number of nitrogens with zero attached hydrogens (tertiary/aromatic N) is 2. The van der Waals surface area contributed by atoms with E-state index in [1.807, 2.05) is 29.8 Å². The van der Waals surface area contributed by atoms with E-state index in [0.29, 0.717) is 10.6 Å². The van der Waals surface area contributed by atoms with Gasteiger partial charge in [-0.05, 0) is 42.1 Å². The normalized spacial score (nSPS) is 12.5. The fraction of sp³-hybridized carbons (Fsp3) is 0.217. The van der Waals surface area contributed by atoms with Gasteiger partial charge in [-0.2, -0.15) is 4.99 Å². The molecule has 0 spiro atoms. The van der Waals surface area contributed by atoms with Gasteiger partial charge in [0.25, 0.3) is 0 Å². The molecule has 0 aliphatic rings. The smallest absolute Gasteiger partial charge is 0.248 e. The number of aryl methyl sites for hydroxylation is 1. The number of hydrogen-bond acceptors (Lipinski definition) is 5. The summed E-state index contributed by atoms with van der Waals surface area (Å²) in [7, 11) is -0.0390. The second-order valence-electron chi connectivity index (χ2n) is 7.18. The molecule has 3 aromatic carbocycles. The molecule has 0 aliphatic heterocycles. The quantitative estimate of drug-likeness (QED) is 0.440. The first kappa shape index (κ1) is 21.3. The zero-order valence-electron chi connectivity index (χ0n) is 17.2. The molecule has 0 saturated carbocycles. The third kappa shape index (κ3) is 4.40. The van der Waals surface area contributed by atoms with Gasteiger partial charge in [0.15, 0.2) is 14.6 Å². The summed E-state index contributed by atoms with van der Waals surface area (Å²) >= 11 is 1.45. The monoisotopic (exact) mass is 454 g/mol. The Hall–Kier alpha value is -2.97. The number of sulfone groups is 1. The Morgan fingerprint density at radius 3 is 2.55 bits per heavy atom. The number of rotatable bonds is 6. The van der Waals surface area contributed by atoms with Crippen molar-refractivity contribution in [2.75, 3.05) is 12.9 Å². The molecule has 4 aromatic rings. The van der Waals surface area contributed by atoms with Crippen LogP contribution >= 0.6 is 11.3 Å². The van der Waals surface area contributed by atoms with Gasteiger partial charge in [0.2, 0.25) is 5.91 Å². The highest BCUT2D eigenvalue weighted by molar-refractivity contribution is 7.91. The van der Waals surface area contributed by atoms with Gasteiger partial charge >= 0.3 is 0 Å². The second-order valence-corrected chi connectivity index (χ2v) is 10.3. The largest absolute Gasteiger partial charge is 0.497 e. The van der Waals surface area contributed by atoms with E-state index in [1.54, 1.807) is 12.1 Å². The van der Waals surface area contributed by atoms with Crippen LogP contribution in [0.2, 0.25) is 0 Å². The van der Waals surface area contributed by atoms with E-state index >= 15 is 0 Å². The molecule has 31 heavy (non-hydrogen) atoms. The number of aromatic nitrogens is 1. The maximum Gasteiger partial charge on any atom is 0.248 e. The predicted octanol–water partition coefficient (Wildman–Crippen LogP) is 4.08.